The second kappa shape index (κ2) is 9.75. The molecule has 0 atom stereocenters. The molecule has 0 bridgehead atoms. The summed E-state index contributed by atoms with van der Waals surface area (Å²) in [5, 5.41) is 5.29. The van der Waals surface area contributed by atoms with Gasteiger partial charge in [0.2, 0.25) is 5.91 Å². The van der Waals surface area contributed by atoms with Gasteiger partial charge in [0.05, 0.1) is 12.1 Å². The summed E-state index contributed by atoms with van der Waals surface area (Å²) in [6.07, 6.45) is 4.62. The summed E-state index contributed by atoms with van der Waals surface area (Å²) in [4.78, 5) is 23.5. The van der Waals surface area contributed by atoms with Crippen LogP contribution in [0, 0.1) is 0 Å². The van der Waals surface area contributed by atoms with Crippen LogP contribution in [0.25, 0.3) is 0 Å². The number of unbranched alkanes of at least 4 members (excludes halogenated alkanes) is 3. The maximum Gasteiger partial charge on any atom is 0.267 e. The van der Waals surface area contributed by atoms with Gasteiger partial charge < -0.3 is 10.6 Å². The van der Waals surface area contributed by atoms with Gasteiger partial charge in [-0.3, -0.25) is 9.59 Å². The van der Waals surface area contributed by atoms with Crippen LogP contribution in [0.3, 0.4) is 0 Å². The number of benzene rings is 1. The Hall–Kier alpha value is -2.10. The van der Waals surface area contributed by atoms with Crippen molar-refractivity contribution >= 4 is 11.8 Å². The van der Waals surface area contributed by atoms with Gasteiger partial charge >= 0.3 is 0 Å². The van der Waals surface area contributed by atoms with E-state index < -0.39 is 0 Å². The SMILES string of the molecule is C=C(NC(=O)Cc1ccccc1)C(=O)NCCCCCC. The monoisotopic (exact) mass is 288 g/mol. The predicted octanol–water partition coefficient (Wildman–Crippen LogP) is 2.56. The molecule has 114 valence electrons. The summed E-state index contributed by atoms with van der Waals surface area (Å²) in [5.41, 5.74) is 1.01. The highest BCUT2D eigenvalue weighted by Crippen LogP contribution is 2.00. The van der Waals surface area contributed by atoms with Gasteiger partial charge in [-0.15, -0.1) is 0 Å². The normalized spacial score (nSPS) is 9.95. The quantitative estimate of drug-likeness (QED) is 0.542. The maximum absolute atomic E-state index is 11.8. The Morgan fingerprint density at radius 2 is 1.81 bits per heavy atom. The fraction of sp³-hybridized carbons (Fsp3) is 0.412. The standard InChI is InChI=1S/C17H24N2O2/c1-3-4-5-9-12-18-17(21)14(2)19-16(20)13-15-10-7-6-8-11-15/h6-8,10-11H,2-5,9,12-13H2,1H3,(H,18,21)(H,19,20). The summed E-state index contributed by atoms with van der Waals surface area (Å²) in [7, 11) is 0. The lowest BCUT2D eigenvalue weighted by Crippen LogP contribution is -2.35. The van der Waals surface area contributed by atoms with E-state index in [0.717, 1.165) is 24.8 Å². The van der Waals surface area contributed by atoms with Crippen LogP contribution in [0.15, 0.2) is 42.6 Å². The molecule has 1 aromatic rings. The number of amides is 2. The molecule has 0 aliphatic rings. The molecule has 1 rings (SSSR count). The van der Waals surface area contributed by atoms with Crippen molar-refractivity contribution in [2.24, 2.45) is 0 Å². The molecule has 2 amide bonds. The minimum absolute atomic E-state index is 0.103. The first kappa shape index (κ1) is 17.0. The number of nitrogens with one attached hydrogen (secondary N) is 2. The van der Waals surface area contributed by atoms with Crippen LogP contribution in [-0.4, -0.2) is 18.4 Å². The van der Waals surface area contributed by atoms with Crippen LogP contribution in [0.5, 0.6) is 0 Å². The molecule has 2 N–H and O–H groups in total. The fourth-order valence-electron chi connectivity index (χ4n) is 1.91. The molecule has 0 aliphatic carbocycles. The average molecular weight is 288 g/mol. The lowest BCUT2D eigenvalue weighted by molar-refractivity contribution is -0.123. The minimum Gasteiger partial charge on any atom is -0.351 e. The lowest BCUT2D eigenvalue weighted by Gasteiger charge is -2.09. The van der Waals surface area contributed by atoms with Crippen LogP contribution in [-0.2, 0) is 16.0 Å². The molecule has 0 saturated heterocycles. The van der Waals surface area contributed by atoms with Gasteiger partial charge in [0.1, 0.15) is 0 Å². The van der Waals surface area contributed by atoms with E-state index in [2.05, 4.69) is 24.1 Å². The second-order valence-electron chi connectivity index (χ2n) is 5.01. The zero-order valence-corrected chi connectivity index (χ0v) is 12.7. The minimum atomic E-state index is -0.312. The summed E-state index contributed by atoms with van der Waals surface area (Å²) >= 11 is 0. The van der Waals surface area contributed by atoms with Crippen molar-refractivity contribution in [3.05, 3.63) is 48.2 Å². The van der Waals surface area contributed by atoms with Gasteiger partial charge in [-0.2, -0.15) is 0 Å². The molecule has 0 heterocycles. The molecule has 0 aliphatic heterocycles. The predicted molar refractivity (Wildman–Crippen MR) is 84.6 cm³/mol. The van der Waals surface area contributed by atoms with Crippen LogP contribution >= 0.6 is 0 Å². The van der Waals surface area contributed by atoms with Crippen LogP contribution in [0.2, 0.25) is 0 Å². The summed E-state index contributed by atoms with van der Waals surface area (Å²) < 4.78 is 0. The third-order valence-corrected chi connectivity index (χ3v) is 3.09. The van der Waals surface area contributed by atoms with Gasteiger partial charge in [0, 0.05) is 6.54 Å². The highest BCUT2D eigenvalue weighted by molar-refractivity contribution is 5.97. The molecule has 0 fully saturated rings. The van der Waals surface area contributed by atoms with E-state index >= 15 is 0 Å². The van der Waals surface area contributed by atoms with Gasteiger partial charge in [-0.05, 0) is 12.0 Å². The Balaban J connectivity index is 2.25. The van der Waals surface area contributed by atoms with Crippen LogP contribution < -0.4 is 10.6 Å². The highest BCUT2D eigenvalue weighted by atomic mass is 16.2. The Morgan fingerprint density at radius 1 is 1.10 bits per heavy atom. The molecule has 0 radical (unpaired) electrons. The average Bonchev–Trinajstić information content (AvgIpc) is 2.47. The maximum atomic E-state index is 11.8. The fourth-order valence-corrected chi connectivity index (χ4v) is 1.91. The van der Waals surface area contributed by atoms with E-state index in [4.69, 9.17) is 0 Å². The van der Waals surface area contributed by atoms with E-state index in [-0.39, 0.29) is 23.9 Å². The van der Waals surface area contributed by atoms with Gasteiger partial charge in [0.15, 0.2) is 0 Å². The number of rotatable bonds is 9. The van der Waals surface area contributed by atoms with Crippen molar-refractivity contribution in [3.63, 3.8) is 0 Å². The molecule has 0 spiro atoms. The first-order valence-electron chi connectivity index (χ1n) is 7.44. The van der Waals surface area contributed by atoms with Crippen molar-refractivity contribution in [3.8, 4) is 0 Å². The Kier molecular flexibility index (Phi) is 7.87. The summed E-state index contributed by atoms with van der Waals surface area (Å²) in [6.45, 7) is 6.37. The van der Waals surface area contributed by atoms with Crippen LogP contribution in [0.1, 0.15) is 38.2 Å². The van der Waals surface area contributed by atoms with E-state index in [1.807, 2.05) is 30.3 Å². The van der Waals surface area contributed by atoms with Gasteiger partial charge in [0.25, 0.3) is 5.91 Å². The third kappa shape index (κ3) is 7.30. The third-order valence-electron chi connectivity index (χ3n) is 3.09. The zero-order valence-electron chi connectivity index (χ0n) is 12.7. The summed E-state index contributed by atoms with van der Waals surface area (Å²) in [5.74, 6) is -0.541. The Bertz CT molecular complexity index is 469. The van der Waals surface area contributed by atoms with E-state index in [0.29, 0.717) is 6.54 Å². The highest BCUT2D eigenvalue weighted by Gasteiger charge is 2.10. The van der Waals surface area contributed by atoms with E-state index in [1.165, 1.54) is 6.42 Å². The molecular formula is C17H24N2O2. The van der Waals surface area contributed by atoms with Gasteiger partial charge in [-0.25, -0.2) is 0 Å². The number of carbonyl (C=O) groups is 2. The topological polar surface area (TPSA) is 58.2 Å². The molecule has 1 aromatic carbocycles. The molecule has 0 saturated carbocycles. The van der Waals surface area contributed by atoms with Crippen molar-refractivity contribution in [2.45, 2.75) is 39.0 Å². The largest absolute Gasteiger partial charge is 0.351 e. The lowest BCUT2D eigenvalue weighted by atomic mass is 10.1. The number of hydrogen-bond acceptors (Lipinski definition) is 2. The Labute approximate surface area is 126 Å². The smallest absolute Gasteiger partial charge is 0.267 e. The molecule has 0 unspecified atom stereocenters. The molecular weight excluding hydrogens is 264 g/mol. The molecule has 4 nitrogen and oxygen atoms in total. The van der Waals surface area contributed by atoms with Crippen molar-refractivity contribution < 1.29 is 9.59 Å². The molecule has 0 aromatic heterocycles. The molecule has 4 heteroatoms. The van der Waals surface area contributed by atoms with E-state index in [1.54, 1.807) is 0 Å². The van der Waals surface area contributed by atoms with Crippen molar-refractivity contribution in [2.75, 3.05) is 6.54 Å². The van der Waals surface area contributed by atoms with Crippen LogP contribution in [0.4, 0.5) is 0 Å². The number of carbonyl (C=O) groups excluding carboxylic acids is 2. The zero-order chi connectivity index (χ0) is 15.5. The van der Waals surface area contributed by atoms with E-state index in [9.17, 15) is 9.59 Å². The van der Waals surface area contributed by atoms with Crippen molar-refractivity contribution in [1.29, 1.82) is 0 Å². The number of hydrogen-bond donors (Lipinski definition) is 2. The van der Waals surface area contributed by atoms with Crippen molar-refractivity contribution in [1.82, 2.24) is 10.6 Å². The Morgan fingerprint density at radius 3 is 2.48 bits per heavy atom. The van der Waals surface area contributed by atoms with Gasteiger partial charge in [-0.1, -0.05) is 63.1 Å². The first-order chi connectivity index (χ1) is 10.1. The summed E-state index contributed by atoms with van der Waals surface area (Å²) in [6, 6.07) is 9.39. The second-order valence-corrected chi connectivity index (χ2v) is 5.01. The molecule has 21 heavy (non-hydrogen) atoms. The first-order valence-corrected chi connectivity index (χ1v) is 7.44.